The lowest BCUT2D eigenvalue weighted by Gasteiger charge is -1.98. The van der Waals surface area contributed by atoms with Crippen molar-refractivity contribution in [2.24, 2.45) is 12.8 Å². The molecule has 0 aliphatic heterocycles. The summed E-state index contributed by atoms with van der Waals surface area (Å²) in [5.74, 6) is 0. The van der Waals surface area contributed by atoms with Gasteiger partial charge in [-0.05, 0) is 19.5 Å². The zero-order chi connectivity index (χ0) is 13.4. The van der Waals surface area contributed by atoms with E-state index < -0.39 is 0 Å². The van der Waals surface area contributed by atoms with Crippen LogP contribution in [-0.4, -0.2) is 16.1 Å². The first-order valence-corrected chi connectivity index (χ1v) is 7.23. The molecule has 0 fully saturated rings. The van der Waals surface area contributed by atoms with Gasteiger partial charge in [-0.3, -0.25) is 0 Å². The van der Waals surface area contributed by atoms with Gasteiger partial charge in [0.1, 0.15) is 0 Å². The number of hydrogen-bond donors (Lipinski definition) is 1. The fourth-order valence-electron chi connectivity index (χ4n) is 2.50. The molecule has 0 aliphatic rings. The first kappa shape index (κ1) is 12.4. The molecule has 2 heterocycles. The lowest BCUT2D eigenvalue weighted by molar-refractivity contribution is 0.920. The molecule has 0 saturated carbocycles. The van der Waals surface area contributed by atoms with Gasteiger partial charge in [-0.15, -0.1) is 11.3 Å². The standard InChI is InChI=1S/C15H17N3S/c1-10-15(13-9-17-14(19-13)7-8-16)11-5-3-4-6-12(11)18(10)2/h3-6,9H,7-8,16H2,1-2H3. The third-order valence-corrected chi connectivity index (χ3v) is 4.63. The minimum Gasteiger partial charge on any atom is -0.347 e. The summed E-state index contributed by atoms with van der Waals surface area (Å²) in [7, 11) is 2.11. The molecule has 3 rings (SSSR count). The highest BCUT2D eigenvalue weighted by molar-refractivity contribution is 7.15. The number of fused-ring (bicyclic) bond motifs is 1. The molecule has 4 heteroatoms. The van der Waals surface area contributed by atoms with Gasteiger partial charge in [0.05, 0.1) is 9.88 Å². The van der Waals surface area contributed by atoms with Gasteiger partial charge in [-0.25, -0.2) is 4.98 Å². The van der Waals surface area contributed by atoms with Gasteiger partial charge in [0.15, 0.2) is 0 Å². The van der Waals surface area contributed by atoms with E-state index in [-0.39, 0.29) is 0 Å². The molecular weight excluding hydrogens is 254 g/mol. The number of thiazole rings is 1. The summed E-state index contributed by atoms with van der Waals surface area (Å²) < 4.78 is 2.24. The van der Waals surface area contributed by atoms with E-state index >= 15 is 0 Å². The Hall–Kier alpha value is -1.65. The number of nitrogens with two attached hydrogens (primary N) is 1. The highest BCUT2D eigenvalue weighted by Crippen LogP contribution is 2.36. The normalized spacial score (nSPS) is 11.3. The third kappa shape index (κ3) is 1.97. The number of rotatable bonds is 3. The lowest BCUT2D eigenvalue weighted by atomic mass is 10.1. The van der Waals surface area contributed by atoms with Gasteiger partial charge in [0.2, 0.25) is 0 Å². The molecule has 0 saturated heterocycles. The molecule has 2 aromatic heterocycles. The Kier molecular flexibility index (Phi) is 3.12. The van der Waals surface area contributed by atoms with Crippen molar-refractivity contribution in [3.63, 3.8) is 0 Å². The molecule has 0 unspecified atom stereocenters. The molecule has 0 bridgehead atoms. The van der Waals surface area contributed by atoms with Gasteiger partial charge in [0, 0.05) is 41.8 Å². The summed E-state index contributed by atoms with van der Waals surface area (Å²) in [5.41, 5.74) is 9.45. The van der Waals surface area contributed by atoms with Crippen LogP contribution in [0.1, 0.15) is 10.7 Å². The van der Waals surface area contributed by atoms with E-state index in [1.807, 2.05) is 6.20 Å². The fourth-order valence-corrected chi connectivity index (χ4v) is 3.54. The maximum absolute atomic E-state index is 5.60. The molecule has 0 radical (unpaired) electrons. The number of benzene rings is 1. The van der Waals surface area contributed by atoms with Crippen LogP contribution in [-0.2, 0) is 13.5 Å². The number of para-hydroxylation sites is 1. The maximum atomic E-state index is 5.60. The van der Waals surface area contributed by atoms with Crippen LogP contribution in [0.25, 0.3) is 21.3 Å². The van der Waals surface area contributed by atoms with Gasteiger partial charge in [0.25, 0.3) is 0 Å². The highest BCUT2D eigenvalue weighted by atomic mass is 32.1. The van der Waals surface area contributed by atoms with Crippen molar-refractivity contribution in [1.82, 2.24) is 9.55 Å². The maximum Gasteiger partial charge on any atom is 0.0943 e. The van der Waals surface area contributed by atoms with E-state index in [2.05, 4.69) is 47.8 Å². The number of nitrogens with zero attached hydrogens (tertiary/aromatic N) is 2. The van der Waals surface area contributed by atoms with Crippen LogP contribution in [0, 0.1) is 6.92 Å². The first-order valence-electron chi connectivity index (χ1n) is 6.41. The van der Waals surface area contributed by atoms with E-state index in [0.29, 0.717) is 6.54 Å². The van der Waals surface area contributed by atoms with Gasteiger partial charge in [-0.1, -0.05) is 18.2 Å². The van der Waals surface area contributed by atoms with Crippen LogP contribution in [0.5, 0.6) is 0 Å². The molecule has 0 amide bonds. The molecule has 2 N–H and O–H groups in total. The third-order valence-electron chi connectivity index (χ3n) is 3.56. The van der Waals surface area contributed by atoms with Gasteiger partial charge in [-0.2, -0.15) is 0 Å². The Labute approximate surface area is 116 Å². The summed E-state index contributed by atoms with van der Waals surface area (Å²) in [6.45, 7) is 2.82. The molecule has 3 aromatic rings. The predicted octanol–water partition coefficient (Wildman–Crippen LogP) is 3.11. The highest BCUT2D eigenvalue weighted by Gasteiger charge is 2.15. The van der Waals surface area contributed by atoms with E-state index in [1.165, 1.54) is 27.0 Å². The molecule has 1 aromatic carbocycles. The predicted molar refractivity (Wildman–Crippen MR) is 81.5 cm³/mol. The fraction of sp³-hybridized carbons (Fsp3) is 0.267. The van der Waals surface area contributed by atoms with E-state index in [9.17, 15) is 0 Å². The number of aryl methyl sites for hydroxylation is 1. The Balaban J connectivity index is 2.21. The van der Waals surface area contributed by atoms with E-state index in [1.54, 1.807) is 11.3 Å². The van der Waals surface area contributed by atoms with Crippen molar-refractivity contribution in [2.45, 2.75) is 13.3 Å². The molecule has 3 nitrogen and oxygen atoms in total. The topological polar surface area (TPSA) is 43.8 Å². The van der Waals surface area contributed by atoms with Crippen LogP contribution >= 0.6 is 11.3 Å². The van der Waals surface area contributed by atoms with Crippen LogP contribution in [0.2, 0.25) is 0 Å². The van der Waals surface area contributed by atoms with Crippen molar-refractivity contribution < 1.29 is 0 Å². The van der Waals surface area contributed by atoms with E-state index in [4.69, 9.17) is 5.73 Å². The molecular formula is C15H17N3S. The molecule has 0 spiro atoms. The summed E-state index contributed by atoms with van der Waals surface area (Å²) in [6, 6.07) is 8.51. The zero-order valence-electron chi connectivity index (χ0n) is 11.2. The second-order valence-corrected chi connectivity index (χ2v) is 5.81. The van der Waals surface area contributed by atoms with Crippen molar-refractivity contribution in [3.8, 4) is 10.4 Å². The average Bonchev–Trinajstić information content (AvgIpc) is 2.96. The molecule has 19 heavy (non-hydrogen) atoms. The minimum absolute atomic E-state index is 0.654. The number of aromatic nitrogens is 2. The molecule has 98 valence electrons. The zero-order valence-corrected chi connectivity index (χ0v) is 12.0. The Morgan fingerprint density at radius 1 is 1.32 bits per heavy atom. The lowest BCUT2D eigenvalue weighted by Crippen LogP contribution is -2.01. The van der Waals surface area contributed by atoms with Gasteiger partial charge >= 0.3 is 0 Å². The first-order chi connectivity index (χ1) is 9.22. The largest absolute Gasteiger partial charge is 0.347 e. The molecule has 0 aliphatic carbocycles. The van der Waals surface area contributed by atoms with Crippen LogP contribution in [0.4, 0.5) is 0 Å². The Morgan fingerprint density at radius 2 is 2.11 bits per heavy atom. The monoisotopic (exact) mass is 271 g/mol. The summed E-state index contributed by atoms with van der Waals surface area (Å²) in [5, 5.41) is 2.41. The Bertz CT molecular complexity index is 724. The summed E-state index contributed by atoms with van der Waals surface area (Å²) >= 11 is 1.75. The summed E-state index contributed by atoms with van der Waals surface area (Å²) in [6.07, 6.45) is 2.83. The van der Waals surface area contributed by atoms with Gasteiger partial charge < -0.3 is 10.3 Å². The van der Waals surface area contributed by atoms with Crippen molar-refractivity contribution in [2.75, 3.05) is 6.54 Å². The van der Waals surface area contributed by atoms with Crippen molar-refractivity contribution >= 4 is 22.2 Å². The van der Waals surface area contributed by atoms with E-state index in [0.717, 1.165) is 11.4 Å². The van der Waals surface area contributed by atoms with Crippen LogP contribution in [0.3, 0.4) is 0 Å². The number of hydrogen-bond acceptors (Lipinski definition) is 3. The summed E-state index contributed by atoms with van der Waals surface area (Å²) in [4.78, 5) is 5.70. The quantitative estimate of drug-likeness (QED) is 0.795. The Morgan fingerprint density at radius 3 is 2.89 bits per heavy atom. The smallest absolute Gasteiger partial charge is 0.0943 e. The second-order valence-electron chi connectivity index (χ2n) is 4.69. The second kappa shape index (κ2) is 4.79. The van der Waals surface area contributed by atoms with Crippen LogP contribution < -0.4 is 5.73 Å². The SMILES string of the molecule is Cc1c(-c2cnc(CCN)s2)c2ccccc2n1C. The molecule has 0 atom stereocenters. The van der Waals surface area contributed by atoms with Crippen molar-refractivity contribution in [1.29, 1.82) is 0 Å². The minimum atomic E-state index is 0.654. The van der Waals surface area contributed by atoms with Crippen LogP contribution in [0.15, 0.2) is 30.5 Å². The van der Waals surface area contributed by atoms with Crippen molar-refractivity contribution in [3.05, 3.63) is 41.2 Å². The average molecular weight is 271 g/mol.